The number of hydrogen-bond acceptors (Lipinski definition) is 5. The van der Waals surface area contributed by atoms with E-state index >= 15 is 4.39 Å². The topological polar surface area (TPSA) is 65.8 Å². The summed E-state index contributed by atoms with van der Waals surface area (Å²) in [7, 11) is 0. The van der Waals surface area contributed by atoms with Crippen LogP contribution in [0, 0.1) is 5.82 Å². The number of aromatic nitrogens is 1. The summed E-state index contributed by atoms with van der Waals surface area (Å²) in [6.07, 6.45) is 7.87. The molecule has 1 aliphatic heterocycles. The molecule has 0 radical (unpaired) electrons. The molecular weight excluding hydrogens is 453 g/mol. The molecule has 8 heteroatoms. The molecular formula is C26H26FN3O3S. The number of fused-ring (bicyclic) bond motifs is 2. The number of halogens is 1. The van der Waals surface area contributed by atoms with Crippen molar-refractivity contribution in [3.63, 3.8) is 0 Å². The zero-order chi connectivity index (χ0) is 23.4. The van der Waals surface area contributed by atoms with Crippen LogP contribution in [0.4, 0.5) is 10.1 Å². The van der Waals surface area contributed by atoms with Crippen LogP contribution >= 0.6 is 11.3 Å². The van der Waals surface area contributed by atoms with Crippen LogP contribution in [0.25, 0.3) is 16.5 Å². The minimum atomic E-state index is -1.27. The molecule has 1 saturated heterocycles. The number of rotatable bonds is 5. The molecule has 176 valence electrons. The van der Waals surface area contributed by atoms with Crippen LogP contribution in [0.2, 0.25) is 0 Å². The summed E-state index contributed by atoms with van der Waals surface area (Å²) in [6, 6.07) is 5.37. The number of allylic oxidation sites excluding steroid dienone is 1. The second-order valence-electron chi connectivity index (χ2n) is 9.44. The van der Waals surface area contributed by atoms with Crippen LogP contribution in [0.1, 0.15) is 46.1 Å². The first-order valence-corrected chi connectivity index (χ1v) is 12.7. The van der Waals surface area contributed by atoms with Gasteiger partial charge in [0, 0.05) is 55.2 Å². The molecule has 3 aromatic rings. The smallest absolute Gasteiger partial charge is 0.341 e. The van der Waals surface area contributed by atoms with Gasteiger partial charge in [-0.1, -0.05) is 6.08 Å². The number of nitrogens with zero attached hydrogens (tertiary/aromatic N) is 3. The Bertz CT molecular complexity index is 1380. The van der Waals surface area contributed by atoms with Gasteiger partial charge in [0.15, 0.2) is 0 Å². The third-order valence-corrected chi connectivity index (χ3v) is 8.25. The van der Waals surface area contributed by atoms with Crippen LogP contribution in [-0.2, 0) is 6.42 Å². The van der Waals surface area contributed by atoms with E-state index in [1.165, 1.54) is 28.3 Å². The first-order chi connectivity index (χ1) is 16.5. The minimum absolute atomic E-state index is 0.141. The van der Waals surface area contributed by atoms with Crippen LogP contribution in [-0.4, -0.2) is 53.3 Å². The molecule has 6 rings (SSSR count). The van der Waals surface area contributed by atoms with Crippen molar-refractivity contribution in [1.82, 2.24) is 9.47 Å². The van der Waals surface area contributed by atoms with Gasteiger partial charge in [0.25, 0.3) is 0 Å². The number of aromatic carboxylic acids is 1. The van der Waals surface area contributed by atoms with Crippen LogP contribution < -0.4 is 10.3 Å². The summed E-state index contributed by atoms with van der Waals surface area (Å²) in [6.45, 7) is 3.99. The van der Waals surface area contributed by atoms with E-state index in [4.69, 9.17) is 0 Å². The van der Waals surface area contributed by atoms with Gasteiger partial charge < -0.3 is 14.6 Å². The Morgan fingerprint density at radius 3 is 2.71 bits per heavy atom. The summed E-state index contributed by atoms with van der Waals surface area (Å²) < 4.78 is 17.1. The molecule has 0 bridgehead atoms. The lowest BCUT2D eigenvalue weighted by molar-refractivity contribution is 0.0695. The number of anilines is 1. The zero-order valence-corrected chi connectivity index (χ0v) is 19.6. The molecule has 3 heterocycles. The molecule has 2 aliphatic carbocycles. The predicted molar refractivity (Wildman–Crippen MR) is 133 cm³/mol. The molecule has 3 aliphatic rings. The van der Waals surface area contributed by atoms with Crippen LogP contribution in [0.5, 0.6) is 0 Å². The number of carbonyl (C=O) groups is 1. The first-order valence-electron chi connectivity index (χ1n) is 11.8. The van der Waals surface area contributed by atoms with E-state index in [1.807, 2.05) is 20.8 Å². The summed E-state index contributed by atoms with van der Waals surface area (Å²) in [4.78, 5) is 30.2. The zero-order valence-electron chi connectivity index (χ0n) is 18.8. The number of pyridine rings is 1. The van der Waals surface area contributed by atoms with Crippen molar-refractivity contribution in [2.45, 2.75) is 31.7 Å². The van der Waals surface area contributed by atoms with Gasteiger partial charge in [-0.25, -0.2) is 9.18 Å². The Labute approximate surface area is 200 Å². The van der Waals surface area contributed by atoms with E-state index in [0.29, 0.717) is 24.3 Å². The first kappa shape index (κ1) is 21.6. The highest BCUT2D eigenvalue weighted by Gasteiger charge is 2.29. The highest BCUT2D eigenvalue weighted by molar-refractivity contribution is 7.11. The van der Waals surface area contributed by atoms with Gasteiger partial charge in [-0.2, -0.15) is 0 Å². The van der Waals surface area contributed by atoms with Gasteiger partial charge in [0.05, 0.1) is 11.2 Å². The molecule has 0 spiro atoms. The molecule has 1 saturated carbocycles. The van der Waals surface area contributed by atoms with Crippen molar-refractivity contribution in [3.05, 3.63) is 67.9 Å². The Kier molecular flexibility index (Phi) is 5.30. The highest BCUT2D eigenvalue weighted by Crippen LogP contribution is 2.38. The lowest BCUT2D eigenvalue weighted by Gasteiger charge is -2.37. The van der Waals surface area contributed by atoms with Crippen LogP contribution in [0.3, 0.4) is 0 Å². The predicted octanol–water partition coefficient (Wildman–Crippen LogP) is 4.39. The van der Waals surface area contributed by atoms with Crippen molar-refractivity contribution in [2.75, 3.05) is 37.6 Å². The number of benzene rings is 1. The van der Waals surface area contributed by atoms with Gasteiger partial charge >= 0.3 is 5.97 Å². The quantitative estimate of drug-likeness (QED) is 0.588. The largest absolute Gasteiger partial charge is 0.477 e. The van der Waals surface area contributed by atoms with E-state index < -0.39 is 17.2 Å². The second kappa shape index (κ2) is 8.36. The minimum Gasteiger partial charge on any atom is -0.477 e. The average Bonchev–Trinajstić information content (AvgIpc) is 3.55. The third kappa shape index (κ3) is 3.75. The number of aryl methyl sites for hydroxylation is 1. The molecule has 34 heavy (non-hydrogen) atoms. The number of hydrogen-bond donors (Lipinski definition) is 1. The average molecular weight is 480 g/mol. The Hall–Kier alpha value is -2.97. The van der Waals surface area contributed by atoms with Gasteiger partial charge in [0.2, 0.25) is 5.43 Å². The van der Waals surface area contributed by atoms with E-state index in [-0.39, 0.29) is 17.0 Å². The standard InChI is InChI=1S/C26H26FN3O3S/c27-21-12-19-22(30(18-4-5-18)15-20(24(19)31)26(32)33)13-23(21)29-9-7-28(8-10-29)14-17-3-1-2-16-6-11-34-25(16)17/h3,6,11-13,15,18H,1-2,4-5,7-10,14H2,(H,32,33). The van der Waals surface area contributed by atoms with E-state index in [9.17, 15) is 14.7 Å². The van der Waals surface area contributed by atoms with Crippen molar-refractivity contribution >= 4 is 39.5 Å². The fourth-order valence-corrected chi connectivity index (χ4v) is 6.23. The maximum Gasteiger partial charge on any atom is 0.341 e. The monoisotopic (exact) mass is 479 g/mol. The van der Waals surface area contributed by atoms with E-state index in [1.54, 1.807) is 6.07 Å². The van der Waals surface area contributed by atoms with E-state index in [0.717, 1.165) is 45.3 Å². The molecule has 1 N–H and O–H groups in total. The number of piperazine rings is 1. The van der Waals surface area contributed by atoms with Gasteiger partial charge in [-0.3, -0.25) is 9.69 Å². The van der Waals surface area contributed by atoms with Crippen molar-refractivity contribution in [3.8, 4) is 0 Å². The summed E-state index contributed by atoms with van der Waals surface area (Å²) >= 11 is 1.82. The maximum absolute atomic E-state index is 15.2. The van der Waals surface area contributed by atoms with E-state index in [2.05, 4.69) is 22.4 Å². The Morgan fingerprint density at radius 2 is 1.97 bits per heavy atom. The molecule has 0 unspecified atom stereocenters. The molecule has 2 aromatic heterocycles. The summed E-state index contributed by atoms with van der Waals surface area (Å²) in [5, 5.41) is 11.8. The lowest BCUT2D eigenvalue weighted by atomic mass is 9.98. The van der Waals surface area contributed by atoms with Gasteiger partial charge in [0.1, 0.15) is 11.4 Å². The lowest BCUT2D eigenvalue weighted by Crippen LogP contribution is -2.47. The van der Waals surface area contributed by atoms with Crippen molar-refractivity contribution < 1.29 is 14.3 Å². The summed E-state index contributed by atoms with van der Waals surface area (Å²) in [5.41, 5.74) is 3.04. The van der Waals surface area contributed by atoms with Crippen molar-refractivity contribution in [1.29, 1.82) is 0 Å². The van der Waals surface area contributed by atoms with Crippen LogP contribution in [0.15, 0.2) is 40.6 Å². The second-order valence-corrected chi connectivity index (χ2v) is 10.4. The molecule has 1 aromatic carbocycles. The molecule has 0 amide bonds. The fourth-order valence-electron chi connectivity index (χ4n) is 5.24. The fraction of sp³-hybridized carbons (Fsp3) is 0.385. The summed E-state index contributed by atoms with van der Waals surface area (Å²) in [5.74, 6) is -1.74. The van der Waals surface area contributed by atoms with Gasteiger partial charge in [-0.15, -0.1) is 11.3 Å². The number of thiophene rings is 1. The molecule has 6 nitrogen and oxygen atoms in total. The number of carboxylic acids is 1. The number of carboxylic acid groups (broad SMARTS) is 1. The molecule has 0 atom stereocenters. The SMILES string of the molecule is O=C(O)c1cn(C2CC2)c2cc(N3CCN(CC4=CCCc5ccsc54)CC3)c(F)cc2c1=O. The molecule has 2 fully saturated rings. The normalized spacial score (nSPS) is 18.7. The Balaban J connectivity index is 1.25. The Morgan fingerprint density at radius 1 is 1.18 bits per heavy atom. The third-order valence-electron chi connectivity index (χ3n) is 7.22. The van der Waals surface area contributed by atoms with Gasteiger partial charge in [-0.05, 0) is 60.4 Å². The highest BCUT2D eigenvalue weighted by atomic mass is 32.1. The maximum atomic E-state index is 15.2. The van der Waals surface area contributed by atoms with Crippen molar-refractivity contribution in [2.24, 2.45) is 0 Å².